The summed E-state index contributed by atoms with van der Waals surface area (Å²) in [6.45, 7) is 0. The number of pyridine rings is 1. The minimum Gasteiger partial charge on any atom is -0.305 e. The number of hydrogen-bond acceptors (Lipinski definition) is 5. The van der Waals surface area contributed by atoms with E-state index >= 15 is 0 Å². The fraction of sp³-hybridized carbons (Fsp3) is 0.0385. The predicted molar refractivity (Wildman–Crippen MR) is 135 cm³/mol. The van der Waals surface area contributed by atoms with Gasteiger partial charge in [-0.05, 0) is 41.1 Å². The average Bonchev–Trinajstić information content (AvgIpc) is 3.34. The summed E-state index contributed by atoms with van der Waals surface area (Å²) in [5.74, 6) is -1.97. The van der Waals surface area contributed by atoms with Gasteiger partial charge in [0.05, 0.1) is 4.90 Å². The van der Waals surface area contributed by atoms with Gasteiger partial charge in [-0.2, -0.15) is 18.3 Å². The number of aromatic nitrogens is 3. The van der Waals surface area contributed by atoms with Crippen molar-refractivity contribution in [1.82, 2.24) is 14.8 Å². The fourth-order valence-corrected chi connectivity index (χ4v) is 4.75. The quantitative estimate of drug-likeness (QED) is 0.291. The van der Waals surface area contributed by atoms with Gasteiger partial charge in [-0.1, -0.05) is 42.5 Å². The molecular weight excluding hydrogens is 538 g/mol. The summed E-state index contributed by atoms with van der Waals surface area (Å²) in [5.41, 5.74) is -1.69. The number of hydrogen-bond donors (Lipinski definition) is 2. The number of primary sulfonamides is 1. The molecule has 1 amide bonds. The number of nitrogens with two attached hydrogens (primary N) is 1. The van der Waals surface area contributed by atoms with E-state index in [2.05, 4.69) is 15.4 Å². The van der Waals surface area contributed by atoms with Crippen LogP contribution < -0.4 is 10.5 Å². The highest BCUT2D eigenvalue weighted by atomic mass is 32.2. The number of rotatable bonds is 5. The lowest BCUT2D eigenvalue weighted by Crippen LogP contribution is -2.18. The number of anilines is 1. The van der Waals surface area contributed by atoms with Crippen molar-refractivity contribution < 1.29 is 30.8 Å². The first-order valence-electron chi connectivity index (χ1n) is 11.2. The van der Waals surface area contributed by atoms with Crippen molar-refractivity contribution in [2.24, 2.45) is 5.14 Å². The smallest absolute Gasteiger partial charge is 0.305 e. The van der Waals surface area contributed by atoms with E-state index in [9.17, 15) is 30.8 Å². The second-order valence-corrected chi connectivity index (χ2v) is 9.93. The summed E-state index contributed by atoms with van der Waals surface area (Å²) in [7, 11) is -4.03. The number of nitrogens with one attached hydrogen (secondary N) is 1. The van der Waals surface area contributed by atoms with Gasteiger partial charge in [0, 0.05) is 23.4 Å². The Morgan fingerprint density at radius 3 is 2.23 bits per heavy atom. The Bertz CT molecular complexity index is 1840. The molecule has 5 aromatic rings. The maximum absolute atomic E-state index is 15.0. The van der Waals surface area contributed by atoms with Crippen molar-refractivity contribution in [2.75, 3.05) is 5.32 Å². The molecule has 0 aliphatic rings. The highest BCUT2D eigenvalue weighted by Crippen LogP contribution is 2.32. The standard InChI is InChI=1S/C26H17F4N5O3S/c27-19-11-15-5-1-2-6-16(15)12-20(19)35-21(13-23(34-35)26(28,29)30)25(36)33-24-10-9-17(14-32-24)18-7-3-4-8-22(18)39(31,37)38/h1-14H,(H2,31,37,38)(H,32,33,36). The Labute approximate surface area is 218 Å². The van der Waals surface area contributed by atoms with Crippen LogP contribution in [0.5, 0.6) is 0 Å². The molecule has 0 bridgehead atoms. The number of benzene rings is 3. The highest BCUT2D eigenvalue weighted by Gasteiger charge is 2.36. The van der Waals surface area contributed by atoms with Gasteiger partial charge in [0.1, 0.15) is 23.0 Å². The first kappa shape index (κ1) is 26.0. The Hall–Kier alpha value is -4.62. The molecule has 3 aromatic carbocycles. The van der Waals surface area contributed by atoms with Crippen molar-refractivity contribution in [3.05, 3.63) is 102 Å². The van der Waals surface area contributed by atoms with Gasteiger partial charge in [-0.15, -0.1) is 0 Å². The second-order valence-electron chi connectivity index (χ2n) is 8.40. The zero-order valence-electron chi connectivity index (χ0n) is 19.6. The third-order valence-corrected chi connectivity index (χ3v) is 6.75. The van der Waals surface area contributed by atoms with Gasteiger partial charge >= 0.3 is 6.18 Å². The maximum atomic E-state index is 15.0. The molecule has 198 valence electrons. The molecule has 3 N–H and O–H groups in total. The number of carbonyl (C=O) groups excluding carboxylic acids is 1. The monoisotopic (exact) mass is 555 g/mol. The summed E-state index contributed by atoms with van der Waals surface area (Å²) in [6, 6.07) is 18.3. The lowest BCUT2D eigenvalue weighted by atomic mass is 10.1. The molecule has 2 aromatic heterocycles. The molecule has 0 aliphatic heterocycles. The molecule has 8 nitrogen and oxygen atoms in total. The highest BCUT2D eigenvalue weighted by molar-refractivity contribution is 7.89. The van der Waals surface area contributed by atoms with E-state index < -0.39 is 39.3 Å². The number of fused-ring (bicyclic) bond motifs is 1. The third kappa shape index (κ3) is 5.22. The number of halogens is 4. The molecule has 0 radical (unpaired) electrons. The molecule has 2 heterocycles. The first-order valence-corrected chi connectivity index (χ1v) is 12.7. The largest absolute Gasteiger partial charge is 0.435 e. The lowest BCUT2D eigenvalue weighted by molar-refractivity contribution is -0.141. The van der Waals surface area contributed by atoms with E-state index in [0.29, 0.717) is 27.1 Å². The fourth-order valence-electron chi connectivity index (χ4n) is 3.99. The molecule has 5 rings (SSSR count). The van der Waals surface area contributed by atoms with Gasteiger partial charge in [0.15, 0.2) is 5.69 Å². The van der Waals surface area contributed by atoms with Crippen LogP contribution in [0, 0.1) is 5.82 Å². The third-order valence-electron chi connectivity index (χ3n) is 5.79. The molecule has 0 saturated carbocycles. The van der Waals surface area contributed by atoms with Crippen molar-refractivity contribution in [1.29, 1.82) is 0 Å². The average molecular weight is 556 g/mol. The molecule has 13 heteroatoms. The van der Waals surface area contributed by atoms with E-state index in [1.165, 1.54) is 42.6 Å². The summed E-state index contributed by atoms with van der Waals surface area (Å²) >= 11 is 0. The SMILES string of the molecule is NS(=O)(=O)c1ccccc1-c1ccc(NC(=O)c2cc(C(F)(F)F)nn2-c2cc3ccccc3cc2F)nc1. The van der Waals surface area contributed by atoms with Crippen molar-refractivity contribution >= 4 is 32.5 Å². The number of amides is 1. The van der Waals surface area contributed by atoms with Gasteiger partial charge in [0.2, 0.25) is 10.0 Å². The van der Waals surface area contributed by atoms with E-state index in [-0.39, 0.29) is 22.0 Å². The van der Waals surface area contributed by atoms with Crippen LogP contribution in [0.25, 0.3) is 27.6 Å². The zero-order chi connectivity index (χ0) is 27.9. The molecule has 0 aliphatic carbocycles. The number of alkyl halides is 3. The zero-order valence-corrected chi connectivity index (χ0v) is 20.5. The van der Waals surface area contributed by atoms with Gasteiger partial charge in [-0.25, -0.2) is 27.6 Å². The minimum atomic E-state index is -4.90. The lowest BCUT2D eigenvalue weighted by Gasteiger charge is -2.11. The molecule has 39 heavy (non-hydrogen) atoms. The Balaban J connectivity index is 1.51. The number of sulfonamides is 1. The van der Waals surface area contributed by atoms with Gasteiger partial charge in [0.25, 0.3) is 5.91 Å². The van der Waals surface area contributed by atoms with Crippen molar-refractivity contribution in [2.45, 2.75) is 11.1 Å². The number of carbonyl (C=O) groups is 1. The number of nitrogens with zero attached hydrogens (tertiary/aromatic N) is 3. The summed E-state index contributed by atoms with van der Waals surface area (Å²) < 4.78 is 79.9. The van der Waals surface area contributed by atoms with E-state index in [0.717, 1.165) is 6.07 Å². The molecule has 0 unspecified atom stereocenters. The van der Waals surface area contributed by atoms with Gasteiger partial charge in [-0.3, -0.25) is 4.79 Å². The van der Waals surface area contributed by atoms with Crippen LogP contribution in [0.1, 0.15) is 16.2 Å². The minimum absolute atomic E-state index is 0.0582. The van der Waals surface area contributed by atoms with E-state index in [1.54, 1.807) is 30.3 Å². The van der Waals surface area contributed by atoms with Gasteiger partial charge < -0.3 is 5.32 Å². The normalized spacial score (nSPS) is 12.0. The topological polar surface area (TPSA) is 120 Å². The van der Waals surface area contributed by atoms with Crippen LogP contribution in [-0.4, -0.2) is 29.1 Å². The molecule has 0 saturated heterocycles. The predicted octanol–water partition coefficient (Wildman–Crippen LogP) is 5.15. The first-order chi connectivity index (χ1) is 18.4. The molecule has 0 spiro atoms. The van der Waals surface area contributed by atoms with Crippen LogP contribution in [0.4, 0.5) is 23.4 Å². The van der Waals surface area contributed by atoms with Crippen LogP contribution in [-0.2, 0) is 16.2 Å². The van der Waals surface area contributed by atoms with Crippen LogP contribution in [0.15, 0.2) is 90.0 Å². The Morgan fingerprint density at radius 2 is 1.59 bits per heavy atom. The van der Waals surface area contributed by atoms with Crippen LogP contribution in [0.3, 0.4) is 0 Å². The maximum Gasteiger partial charge on any atom is 0.435 e. The molecule has 0 atom stereocenters. The van der Waals surface area contributed by atoms with Crippen molar-refractivity contribution in [3.8, 4) is 16.8 Å². The van der Waals surface area contributed by atoms with Crippen molar-refractivity contribution in [3.63, 3.8) is 0 Å². The van der Waals surface area contributed by atoms with Crippen LogP contribution >= 0.6 is 0 Å². The summed E-state index contributed by atoms with van der Waals surface area (Å²) in [6.07, 6.45) is -3.63. The molecule has 0 fully saturated rings. The summed E-state index contributed by atoms with van der Waals surface area (Å²) in [4.78, 5) is 17.0. The summed E-state index contributed by atoms with van der Waals surface area (Å²) in [5, 5.41) is 12.2. The second kappa shape index (κ2) is 9.60. The Morgan fingerprint density at radius 1 is 0.923 bits per heavy atom. The van der Waals surface area contributed by atoms with E-state index in [4.69, 9.17) is 5.14 Å². The van der Waals surface area contributed by atoms with Crippen LogP contribution in [0.2, 0.25) is 0 Å². The Kier molecular flexibility index (Phi) is 6.40. The molecular formula is C26H17F4N5O3S. The van der Waals surface area contributed by atoms with E-state index in [1.807, 2.05) is 0 Å².